The number of non-ortho nitro benzene ring substituents is 1. The SMILES string of the molecule is CCNc1cc(NCCCCOC(C)C)cc([N+](=O)[O-])c1. The number of nitrogens with one attached hydrogen (secondary N) is 2. The normalized spacial score (nSPS) is 10.7. The van der Waals surface area contributed by atoms with Crippen molar-refractivity contribution in [3.63, 3.8) is 0 Å². The minimum absolute atomic E-state index is 0.0964. The zero-order valence-corrected chi connectivity index (χ0v) is 13.0. The van der Waals surface area contributed by atoms with Gasteiger partial charge in [0.05, 0.1) is 11.0 Å². The van der Waals surface area contributed by atoms with Gasteiger partial charge in [0.25, 0.3) is 5.69 Å². The number of hydrogen-bond acceptors (Lipinski definition) is 5. The van der Waals surface area contributed by atoms with E-state index in [-0.39, 0.29) is 16.7 Å². The van der Waals surface area contributed by atoms with E-state index in [1.807, 2.05) is 26.8 Å². The van der Waals surface area contributed by atoms with Gasteiger partial charge in [-0.2, -0.15) is 0 Å². The fourth-order valence-corrected chi connectivity index (χ4v) is 1.90. The first-order valence-electron chi connectivity index (χ1n) is 7.41. The second kappa shape index (κ2) is 9.18. The minimum Gasteiger partial charge on any atom is -0.385 e. The van der Waals surface area contributed by atoms with Gasteiger partial charge in [-0.05, 0) is 39.7 Å². The molecular weight excluding hydrogens is 270 g/mol. The molecule has 1 aromatic carbocycles. The number of ether oxygens (including phenoxy) is 1. The molecule has 0 fully saturated rings. The van der Waals surface area contributed by atoms with Crippen molar-refractivity contribution in [2.75, 3.05) is 30.3 Å². The third kappa shape index (κ3) is 6.94. The van der Waals surface area contributed by atoms with Gasteiger partial charge in [-0.25, -0.2) is 0 Å². The molecule has 21 heavy (non-hydrogen) atoms. The number of nitro groups is 1. The first-order chi connectivity index (χ1) is 10.0. The number of hydrogen-bond donors (Lipinski definition) is 2. The first kappa shape index (κ1) is 17.2. The van der Waals surface area contributed by atoms with Crippen molar-refractivity contribution >= 4 is 17.1 Å². The van der Waals surface area contributed by atoms with Gasteiger partial charge in [0, 0.05) is 43.2 Å². The van der Waals surface area contributed by atoms with Crippen molar-refractivity contribution in [3.05, 3.63) is 28.3 Å². The number of benzene rings is 1. The summed E-state index contributed by atoms with van der Waals surface area (Å²) in [5, 5.41) is 17.3. The molecule has 0 atom stereocenters. The van der Waals surface area contributed by atoms with Crippen LogP contribution in [0.4, 0.5) is 17.1 Å². The number of nitro benzene ring substituents is 1. The molecule has 6 nitrogen and oxygen atoms in total. The molecule has 0 saturated carbocycles. The van der Waals surface area contributed by atoms with Crippen molar-refractivity contribution in [1.82, 2.24) is 0 Å². The molecule has 0 aliphatic heterocycles. The smallest absolute Gasteiger partial charge is 0.273 e. The lowest BCUT2D eigenvalue weighted by Crippen LogP contribution is -2.07. The highest BCUT2D eigenvalue weighted by molar-refractivity contribution is 5.63. The fourth-order valence-electron chi connectivity index (χ4n) is 1.90. The standard InChI is InChI=1S/C15H25N3O3/c1-4-16-13-9-14(11-15(10-13)18(19)20)17-7-5-6-8-21-12(2)3/h9-12,16-17H,4-8H2,1-3H3. The van der Waals surface area contributed by atoms with Crippen molar-refractivity contribution < 1.29 is 9.66 Å². The molecule has 1 aromatic rings. The third-order valence-electron chi connectivity index (χ3n) is 2.86. The number of nitrogens with zero attached hydrogens (tertiary/aromatic N) is 1. The molecule has 0 aliphatic rings. The van der Waals surface area contributed by atoms with Crippen molar-refractivity contribution in [2.45, 2.75) is 39.7 Å². The molecule has 1 rings (SSSR count). The predicted molar refractivity (Wildman–Crippen MR) is 86.1 cm³/mol. The van der Waals surface area contributed by atoms with Gasteiger partial charge in [0.15, 0.2) is 0 Å². The van der Waals surface area contributed by atoms with Crippen LogP contribution in [0.2, 0.25) is 0 Å². The van der Waals surface area contributed by atoms with Crippen LogP contribution in [0, 0.1) is 10.1 Å². The van der Waals surface area contributed by atoms with Gasteiger partial charge in [-0.15, -0.1) is 0 Å². The van der Waals surface area contributed by atoms with Crippen LogP contribution in [0.25, 0.3) is 0 Å². The summed E-state index contributed by atoms with van der Waals surface area (Å²) in [4.78, 5) is 10.5. The fraction of sp³-hybridized carbons (Fsp3) is 0.600. The maximum atomic E-state index is 10.9. The van der Waals surface area contributed by atoms with Crippen LogP contribution >= 0.6 is 0 Å². The lowest BCUT2D eigenvalue weighted by atomic mass is 10.2. The second-order valence-electron chi connectivity index (χ2n) is 5.11. The van der Waals surface area contributed by atoms with E-state index in [9.17, 15) is 10.1 Å². The Morgan fingerprint density at radius 3 is 2.43 bits per heavy atom. The van der Waals surface area contributed by atoms with E-state index in [4.69, 9.17) is 4.74 Å². The quantitative estimate of drug-likeness (QED) is 0.391. The zero-order chi connectivity index (χ0) is 15.7. The summed E-state index contributed by atoms with van der Waals surface area (Å²) in [5.74, 6) is 0. The lowest BCUT2D eigenvalue weighted by molar-refractivity contribution is -0.384. The van der Waals surface area contributed by atoms with Gasteiger partial charge in [-0.1, -0.05) is 0 Å². The number of unbranched alkanes of at least 4 members (excludes halogenated alkanes) is 1. The molecule has 0 bridgehead atoms. The summed E-state index contributed by atoms with van der Waals surface area (Å²) < 4.78 is 5.47. The Bertz CT molecular complexity index is 450. The molecule has 2 N–H and O–H groups in total. The Labute approximate surface area is 126 Å². The third-order valence-corrected chi connectivity index (χ3v) is 2.86. The van der Waals surface area contributed by atoms with Gasteiger partial charge in [-0.3, -0.25) is 10.1 Å². The second-order valence-corrected chi connectivity index (χ2v) is 5.11. The zero-order valence-electron chi connectivity index (χ0n) is 13.0. The molecule has 0 heterocycles. The van der Waals surface area contributed by atoms with E-state index < -0.39 is 0 Å². The maximum absolute atomic E-state index is 10.9. The molecule has 0 aromatic heterocycles. The van der Waals surface area contributed by atoms with Crippen LogP contribution in [0.1, 0.15) is 33.6 Å². The molecule has 0 saturated heterocycles. The van der Waals surface area contributed by atoms with Crippen LogP contribution in [0.15, 0.2) is 18.2 Å². The molecule has 0 unspecified atom stereocenters. The van der Waals surface area contributed by atoms with Gasteiger partial charge in [0.1, 0.15) is 0 Å². The van der Waals surface area contributed by atoms with E-state index in [2.05, 4.69) is 10.6 Å². The predicted octanol–water partition coefficient (Wildman–Crippen LogP) is 3.64. The van der Waals surface area contributed by atoms with Crippen LogP contribution in [-0.4, -0.2) is 30.7 Å². The summed E-state index contributed by atoms with van der Waals surface area (Å²) >= 11 is 0. The summed E-state index contributed by atoms with van der Waals surface area (Å²) in [6.45, 7) is 8.24. The number of anilines is 2. The highest BCUT2D eigenvalue weighted by Gasteiger charge is 2.09. The van der Waals surface area contributed by atoms with E-state index in [0.29, 0.717) is 0 Å². The summed E-state index contributed by atoms with van der Waals surface area (Å²) in [6.07, 6.45) is 2.20. The Balaban J connectivity index is 2.48. The van der Waals surface area contributed by atoms with Crippen LogP contribution in [-0.2, 0) is 4.74 Å². The molecule has 0 radical (unpaired) electrons. The molecule has 118 valence electrons. The van der Waals surface area contributed by atoms with Gasteiger partial charge in [0.2, 0.25) is 0 Å². The number of rotatable bonds is 10. The van der Waals surface area contributed by atoms with E-state index >= 15 is 0 Å². The van der Waals surface area contributed by atoms with Crippen LogP contribution in [0.3, 0.4) is 0 Å². The largest absolute Gasteiger partial charge is 0.385 e. The van der Waals surface area contributed by atoms with Crippen molar-refractivity contribution in [2.24, 2.45) is 0 Å². The summed E-state index contributed by atoms with van der Waals surface area (Å²) in [6, 6.07) is 5.00. The van der Waals surface area contributed by atoms with Crippen molar-refractivity contribution in [1.29, 1.82) is 0 Å². The summed E-state index contributed by atoms with van der Waals surface area (Å²) in [5.41, 5.74) is 1.63. The minimum atomic E-state index is -0.373. The Kier molecular flexibility index (Phi) is 7.53. The van der Waals surface area contributed by atoms with E-state index in [0.717, 1.165) is 43.9 Å². The van der Waals surface area contributed by atoms with Crippen LogP contribution < -0.4 is 10.6 Å². The molecule has 6 heteroatoms. The lowest BCUT2D eigenvalue weighted by Gasteiger charge is -2.10. The van der Waals surface area contributed by atoms with Crippen LogP contribution in [0.5, 0.6) is 0 Å². The highest BCUT2D eigenvalue weighted by atomic mass is 16.6. The molecule has 0 spiro atoms. The maximum Gasteiger partial charge on any atom is 0.273 e. The topological polar surface area (TPSA) is 76.4 Å². The molecule has 0 amide bonds. The van der Waals surface area contributed by atoms with E-state index in [1.54, 1.807) is 12.1 Å². The van der Waals surface area contributed by atoms with E-state index in [1.165, 1.54) is 0 Å². The highest BCUT2D eigenvalue weighted by Crippen LogP contribution is 2.24. The Hall–Kier alpha value is -1.82. The van der Waals surface area contributed by atoms with Crippen molar-refractivity contribution in [3.8, 4) is 0 Å². The average molecular weight is 295 g/mol. The monoisotopic (exact) mass is 295 g/mol. The first-order valence-corrected chi connectivity index (χ1v) is 7.41. The Morgan fingerprint density at radius 1 is 1.19 bits per heavy atom. The van der Waals surface area contributed by atoms with Gasteiger partial charge >= 0.3 is 0 Å². The van der Waals surface area contributed by atoms with Gasteiger partial charge < -0.3 is 15.4 Å². The molecular formula is C15H25N3O3. The average Bonchev–Trinajstić information content (AvgIpc) is 2.42. The molecule has 0 aliphatic carbocycles. The Morgan fingerprint density at radius 2 is 1.86 bits per heavy atom. The summed E-state index contributed by atoms with van der Waals surface area (Å²) in [7, 11) is 0.